The molecule has 3 aromatic carbocycles. The zero-order chi connectivity index (χ0) is 24.8. The summed E-state index contributed by atoms with van der Waals surface area (Å²) < 4.78 is 17.7. The monoisotopic (exact) mass is 560 g/mol. The molecule has 3 aromatic rings. The van der Waals surface area contributed by atoms with Gasteiger partial charge in [0.1, 0.15) is 6.61 Å². The van der Waals surface area contributed by atoms with Gasteiger partial charge < -0.3 is 29.5 Å². The normalized spacial score (nSPS) is 13.4. The van der Waals surface area contributed by atoms with Gasteiger partial charge in [0.25, 0.3) is 0 Å². The maximum Gasteiger partial charge on any atom is 0.337 e. The molecule has 1 heterocycles. The number of carboxylic acid groups (broad SMARTS) is 1. The molecular weight excluding hydrogens is 536 g/mol. The van der Waals surface area contributed by atoms with E-state index >= 15 is 0 Å². The van der Waals surface area contributed by atoms with Crippen LogP contribution in [0.25, 0.3) is 0 Å². The Morgan fingerprint density at radius 1 is 1.11 bits per heavy atom. The number of aromatic carboxylic acids is 1. The Bertz CT molecular complexity index is 1180. The smallest absolute Gasteiger partial charge is 0.337 e. The van der Waals surface area contributed by atoms with Crippen LogP contribution in [-0.2, 0) is 17.9 Å². The average Bonchev–Trinajstić information content (AvgIpc) is 2.87. The molecule has 0 radical (unpaired) electrons. The molecule has 0 saturated carbocycles. The van der Waals surface area contributed by atoms with E-state index in [0.717, 1.165) is 21.3 Å². The molecular formula is C26H26BrClN2O5. The summed E-state index contributed by atoms with van der Waals surface area (Å²) in [6.07, 6.45) is 0. The van der Waals surface area contributed by atoms with Crippen molar-refractivity contribution in [3.05, 3.63) is 80.8 Å². The van der Waals surface area contributed by atoms with Gasteiger partial charge in [-0.25, -0.2) is 4.79 Å². The van der Waals surface area contributed by atoms with Crippen LogP contribution in [0.3, 0.4) is 0 Å². The van der Waals surface area contributed by atoms with E-state index in [-0.39, 0.29) is 5.56 Å². The van der Waals surface area contributed by atoms with Crippen LogP contribution in [0.4, 0.5) is 11.4 Å². The third kappa shape index (κ3) is 6.39. The number of morpholine rings is 1. The SMILES string of the molecule is COc1cc(CNc2ccc(N3CCOCC3)c(C(=O)O)c2)cc(Br)c1OCc1ccc(Cl)cc1. The molecule has 0 unspecified atom stereocenters. The molecule has 1 aliphatic heterocycles. The molecule has 0 atom stereocenters. The molecule has 35 heavy (non-hydrogen) atoms. The predicted molar refractivity (Wildman–Crippen MR) is 140 cm³/mol. The van der Waals surface area contributed by atoms with E-state index in [2.05, 4.69) is 21.2 Å². The number of nitrogens with one attached hydrogen (secondary N) is 1. The number of rotatable bonds is 9. The maximum absolute atomic E-state index is 11.9. The predicted octanol–water partition coefficient (Wildman–Crippen LogP) is 5.84. The largest absolute Gasteiger partial charge is 0.493 e. The second-order valence-corrected chi connectivity index (χ2v) is 9.30. The third-order valence-electron chi connectivity index (χ3n) is 5.66. The number of nitrogens with zero attached hydrogens (tertiary/aromatic N) is 1. The molecule has 9 heteroatoms. The first kappa shape index (κ1) is 25.2. The summed E-state index contributed by atoms with van der Waals surface area (Å²) in [5.41, 5.74) is 3.63. The van der Waals surface area contributed by atoms with Crippen LogP contribution in [0.5, 0.6) is 11.5 Å². The molecule has 0 bridgehead atoms. The molecule has 7 nitrogen and oxygen atoms in total. The van der Waals surface area contributed by atoms with E-state index in [9.17, 15) is 9.90 Å². The summed E-state index contributed by atoms with van der Waals surface area (Å²) >= 11 is 9.54. The van der Waals surface area contributed by atoms with Crippen molar-refractivity contribution in [3.63, 3.8) is 0 Å². The van der Waals surface area contributed by atoms with Gasteiger partial charge in [-0.3, -0.25) is 0 Å². The van der Waals surface area contributed by atoms with Crippen molar-refractivity contribution >= 4 is 44.9 Å². The fraction of sp³-hybridized carbons (Fsp3) is 0.269. The molecule has 0 spiro atoms. The molecule has 0 amide bonds. The second-order valence-electron chi connectivity index (χ2n) is 8.01. The van der Waals surface area contributed by atoms with Gasteiger partial charge in [0.05, 0.1) is 36.0 Å². The summed E-state index contributed by atoms with van der Waals surface area (Å²) in [7, 11) is 1.59. The number of benzene rings is 3. The summed E-state index contributed by atoms with van der Waals surface area (Å²) in [6, 6.07) is 16.7. The van der Waals surface area contributed by atoms with Crippen molar-refractivity contribution in [3.8, 4) is 11.5 Å². The van der Waals surface area contributed by atoms with Gasteiger partial charge >= 0.3 is 5.97 Å². The standard InChI is InChI=1S/C26H26BrClN2O5/c1-33-24-13-18(12-22(27)25(24)35-16-17-2-4-19(28)5-3-17)15-29-20-6-7-23(21(14-20)26(31)32)30-8-10-34-11-9-30/h2-7,12-14,29H,8-11,15-16H2,1H3,(H,31,32). The van der Waals surface area contributed by atoms with Crippen LogP contribution in [0.2, 0.25) is 5.02 Å². The Kier molecular flexibility index (Phi) is 8.38. The minimum atomic E-state index is -0.957. The van der Waals surface area contributed by atoms with E-state index in [1.807, 2.05) is 53.4 Å². The molecule has 4 rings (SSSR count). The third-order valence-corrected chi connectivity index (χ3v) is 6.50. The first-order valence-corrected chi connectivity index (χ1v) is 12.3. The number of ether oxygens (including phenoxy) is 3. The van der Waals surface area contributed by atoms with Crippen LogP contribution in [0, 0.1) is 0 Å². The summed E-state index contributed by atoms with van der Waals surface area (Å²) in [4.78, 5) is 14.0. The number of halogens is 2. The van der Waals surface area contributed by atoms with Gasteiger partial charge in [-0.2, -0.15) is 0 Å². The quantitative estimate of drug-likeness (QED) is 0.340. The van der Waals surface area contributed by atoms with Gasteiger partial charge in [-0.15, -0.1) is 0 Å². The topological polar surface area (TPSA) is 80.3 Å². The lowest BCUT2D eigenvalue weighted by Gasteiger charge is -2.30. The lowest BCUT2D eigenvalue weighted by Crippen LogP contribution is -2.37. The Hall–Kier alpha value is -2.94. The van der Waals surface area contributed by atoms with Crippen molar-refractivity contribution in [2.24, 2.45) is 0 Å². The van der Waals surface area contributed by atoms with E-state index < -0.39 is 5.97 Å². The number of hydrogen-bond acceptors (Lipinski definition) is 6. The fourth-order valence-electron chi connectivity index (χ4n) is 3.85. The van der Waals surface area contributed by atoms with Crippen LogP contribution in [0.1, 0.15) is 21.5 Å². The molecule has 184 valence electrons. The number of carbonyl (C=O) groups is 1. The Labute approximate surface area is 217 Å². The van der Waals surface area contributed by atoms with Crippen LogP contribution < -0.4 is 19.7 Å². The highest BCUT2D eigenvalue weighted by atomic mass is 79.9. The summed E-state index contributed by atoms with van der Waals surface area (Å²) in [5.74, 6) is 0.245. The number of anilines is 2. The number of carboxylic acids is 1. The van der Waals surface area contributed by atoms with Crippen molar-refractivity contribution in [2.75, 3.05) is 43.6 Å². The minimum absolute atomic E-state index is 0.265. The van der Waals surface area contributed by atoms with E-state index in [0.29, 0.717) is 61.7 Å². The maximum atomic E-state index is 11.9. The minimum Gasteiger partial charge on any atom is -0.493 e. The molecule has 1 aliphatic rings. The number of hydrogen-bond donors (Lipinski definition) is 2. The Balaban J connectivity index is 1.46. The zero-order valence-corrected chi connectivity index (χ0v) is 21.6. The van der Waals surface area contributed by atoms with Gasteiger partial charge in [0, 0.05) is 30.3 Å². The van der Waals surface area contributed by atoms with Gasteiger partial charge in [0.2, 0.25) is 0 Å². The molecule has 0 aliphatic carbocycles. The summed E-state index contributed by atoms with van der Waals surface area (Å²) in [6.45, 7) is 3.38. The molecule has 1 fully saturated rings. The van der Waals surface area contributed by atoms with E-state index in [1.165, 1.54) is 0 Å². The highest BCUT2D eigenvalue weighted by Gasteiger charge is 2.19. The van der Waals surface area contributed by atoms with Crippen LogP contribution in [-0.4, -0.2) is 44.5 Å². The van der Waals surface area contributed by atoms with Crippen LogP contribution >= 0.6 is 27.5 Å². The lowest BCUT2D eigenvalue weighted by atomic mass is 10.1. The van der Waals surface area contributed by atoms with E-state index in [4.69, 9.17) is 25.8 Å². The molecule has 2 N–H and O–H groups in total. The average molecular weight is 562 g/mol. The van der Waals surface area contributed by atoms with Crippen LogP contribution in [0.15, 0.2) is 59.1 Å². The first-order valence-electron chi connectivity index (χ1n) is 11.1. The van der Waals surface area contributed by atoms with Gasteiger partial charge in [-0.05, 0) is 69.5 Å². The van der Waals surface area contributed by atoms with Crippen molar-refractivity contribution < 1.29 is 24.1 Å². The second kappa shape index (κ2) is 11.7. The highest BCUT2D eigenvalue weighted by molar-refractivity contribution is 9.10. The highest BCUT2D eigenvalue weighted by Crippen LogP contribution is 2.37. The van der Waals surface area contributed by atoms with Crippen molar-refractivity contribution in [2.45, 2.75) is 13.2 Å². The Morgan fingerprint density at radius 2 is 1.86 bits per heavy atom. The Morgan fingerprint density at radius 3 is 2.54 bits per heavy atom. The molecule has 0 aromatic heterocycles. The first-order chi connectivity index (χ1) is 16.9. The summed E-state index contributed by atoms with van der Waals surface area (Å²) in [5, 5.41) is 13.7. The van der Waals surface area contributed by atoms with Crippen molar-refractivity contribution in [1.29, 1.82) is 0 Å². The lowest BCUT2D eigenvalue weighted by molar-refractivity contribution is 0.0696. The van der Waals surface area contributed by atoms with E-state index in [1.54, 1.807) is 13.2 Å². The van der Waals surface area contributed by atoms with Gasteiger partial charge in [-0.1, -0.05) is 23.7 Å². The fourth-order valence-corrected chi connectivity index (χ4v) is 4.58. The number of methoxy groups -OCH3 is 1. The molecule has 1 saturated heterocycles. The van der Waals surface area contributed by atoms with Gasteiger partial charge in [0.15, 0.2) is 11.5 Å². The van der Waals surface area contributed by atoms with Crippen molar-refractivity contribution in [1.82, 2.24) is 0 Å². The zero-order valence-electron chi connectivity index (χ0n) is 19.2.